The number of nitrogens with zero attached hydrogens (tertiary/aromatic N) is 2. The largest absolute Gasteiger partial charge is 0.478 e. The maximum absolute atomic E-state index is 14.0. The van der Waals surface area contributed by atoms with E-state index in [-0.39, 0.29) is 23.0 Å². The van der Waals surface area contributed by atoms with Gasteiger partial charge in [0.15, 0.2) is 0 Å². The van der Waals surface area contributed by atoms with Gasteiger partial charge in [0.05, 0.1) is 16.5 Å². The van der Waals surface area contributed by atoms with Crippen LogP contribution in [-0.4, -0.2) is 20.6 Å². The van der Waals surface area contributed by atoms with Crippen molar-refractivity contribution in [3.05, 3.63) is 65.4 Å². The van der Waals surface area contributed by atoms with Crippen LogP contribution in [0.2, 0.25) is 0 Å². The second-order valence-electron chi connectivity index (χ2n) is 4.72. The summed E-state index contributed by atoms with van der Waals surface area (Å²) in [5.74, 6) is -3.65. The van der Waals surface area contributed by atoms with E-state index >= 15 is 0 Å². The topological polar surface area (TPSA) is 55.1 Å². The minimum Gasteiger partial charge on any atom is -0.478 e. The summed E-state index contributed by atoms with van der Waals surface area (Å²) in [6.45, 7) is -0.0103. The predicted molar refractivity (Wildman–Crippen MR) is 72.1 cm³/mol. The van der Waals surface area contributed by atoms with Gasteiger partial charge in [-0.15, -0.1) is 0 Å². The third-order valence-corrected chi connectivity index (χ3v) is 3.29. The van der Waals surface area contributed by atoms with Crippen molar-refractivity contribution >= 4 is 16.9 Å². The van der Waals surface area contributed by atoms with Gasteiger partial charge in [-0.2, -0.15) is 4.39 Å². The van der Waals surface area contributed by atoms with Crippen LogP contribution in [0, 0.1) is 17.6 Å². The molecule has 0 radical (unpaired) electrons. The first-order valence-corrected chi connectivity index (χ1v) is 6.28. The fraction of sp³-hybridized carbons (Fsp3) is 0.0667. The van der Waals surface area contributed by atoms with Crippen molar-refractivity contribution in [3.63, 3.8) is 0 Å². The van der Waals surface area contributed by atoms with E-state index in [4.69, 9.17) is 5.11 Å². The van der Waals surface area contributed by atoms with Crippen LogP contribution in [0.3, 0.4) is 0 Å². The zero-order chi connectivity index (χ0) is 15.9. The van der Waals surface area contributed by atoms with Crippen molar-refractivity contribution < 1.29 is 23.1 Å². The SMILES string of the molecule is O=C(O)c1cn(Cc2ccnc(F)c2)c2c(F)ccc(F)c12. The number of aromatic nitrogens is 2. The van der Waals surface area contributed by atoms with Crippen molar-refractivity contribution in [2.45, 2.75) is 6.54 Å². The monoisotopic (exact) mass is 306 g/mol. The summed E-state index contributed by atoms with van der Waals surface area (Å²) in [4.78, 5) is 14.6. The van der Waals surface area contributed by atoms with Gasteiger partial charge in [0.1, 0.15) is 11.6 Å². The molecular weight excluding hydrogens is 297 g/mol. The van der Waals surface area contributed by atoms with Gasteiger partial charge >= 0.3 is 5.97 Å². The second kappa shape index (κ2) is 5.18. The number of carboxylic acids is 1. The molecule has 0 aliphatic heterocycles. The van der Waals surface area contributed by atoms with E-state index in [2.05, 4.69) is 4.98 Å². The van der Waals surface area contributed by atoms with E-state index < -0.39 is 23.6 Å². The second-order valence-corrected chi connectivity index (χ2v) is 4.72. The Hall–Kier alpha value is -2.83. The summed E-state index contributed by atoms with van der Waals surface area (Å²) in [7, 11) is 0. The van der Waals surface area contributed by atoms with E-state index in [0.717, 1.165) is 24.4 Å². The molecule has 0 spiro atoms. The zero-order valence-corrected chi connectivity index (χ0v) is 11.1. The van der Waals surface area contributed by atoms with Crippen LogP contribution >= 0.6 is 0 Å². The third kappa shape index (κ3) is 2.30. The summed E-state index contributed by atoms with van der Waals surface area (Å²) < 4.78 is 42.3. The van der Waals surface area contributed by atoms with E-state index in [1.165, 1.54) is 16.8 Å². The molecule has 2 heterocycles. The molecule has 0 aliphatic rings. The number of hydrogen-bond acceptors (Lipinski definition) is 2. The summed E-state index contributed by atoms with van der Waals surface area (Å²) in [6, 6.07) is 4.45. The number of halogens is 3. The number of carboxylic acid groups (broad SMARTS) is 1. The molecule has 0 fully saturated rings. The normalized spacial score (nSPS) is 11.0. The van der Waals surface area contributed by atoms with Gasteiger partial charge < -0.3 is 9.67 Å². The van der Waals surface area contributed by atoms with Gasteiger partial charge in [-0.25, -0.2) is 18.6 Å². The molecule has 2 aromatic heterocycles. The molecule has 0 amide bonds. The Morgan fingerprint density at radius 2 is 1.91 bits per heavy atom. The fourth-order valence-corrected chi connectivity index (χ4v) is 2.39. The Labute approximate surface area is 122 Å². The summed E-state index contributed by atoms with van der Waals surface area (Å²) in [6.07, 6.45) is 2.38. The van der Waals surface area contributed by atoms with Gasteiger partial charge in [0.25, 0.3) is 0 Å². The van der Waals surface area contributed by atoms with E-state index in [0.29, 0.717) is 5.56 Å². The van der Waals surface area contributed by atoms with Gasteiger partial charge in [0.2, 0.25) is 5.95 Å². The number of aromatic carboxylic acids is 1. The third-order valence-electron chi connectivity index (χ3n) is 3.29. The molecule has 22 heavy (non-hydrogen) atoms. The summed E-state index contributed by atoms with van der Waals surface area (Å²) >= 11 is 0. The Morgan fingerprint density at radius 3 is 2.59 bits per heavy atom. The molecular formula is C15H9F3N2O2. The Morgan fingerprint density at radius 1 is 1.18 bits per heavy atom. The quantitative estimate of drug-likeness (QED) is 0.756. The molecule has 3 aromatic rings. The van der Waals surface area contributed by atoms with Gasteiger partial charge in [-0.1, -0.05) is 0 Å². The first-order valence-electron chi connectivity index (χ1n) is 6.28. The molecule has 112 valence electrons. The Bertz CT molecular complexity index is 890. The number of rotatable bonds is 3. The van der Waals surface area contributed by atoms with Crippen LogP contribution in [0.4, 0.5) is 13.2 Å². The lowest BCUT2D eigenvalue weighted by atomic mass is 10.1. The average molecular weight is 306 g/mol. The lowest BCUT2D eigenvalue weighted by Crippen LogP contribution is -2.01. The van der Waals surface area contributed by atoms with Crippen molar-refractivity contribution in [3.8, 4) is 0 Å². The van der Waals surface area contributed by atoms with Gasteiger partial charge in [-0.3, -0.25) is 0 Å². The van der Waals surface area contributed by atoms with E-state index in [1.54, 1.807) is 0 Å². The predicted octanol–water partition coefficient (Wildman–Crippen LogP) is 3.20. The smallest absolute Gasteiger partial charge is 0.337 e. The van der Waals surface area contributed by atoms with Crippen molar-refractivity contribution in [2.24, 2.45) is 0 Å². The summed E-state index contributed by atoms with van der Waals surface area (Å²) in [5.41, 5.74) is -0.0684. The minimum atomic E-state index is -1.37. The number of fused-ring (bicyclic) bond motifs is 1. The first-order chi connectivity index (χ1) is 10.5. The van der Waals surface area contributed by atoms with E-state index in [1.807, 2.05) is 0 Å². The fourth-order valence-electron chi connectivity index (χ4n) is 2.39. The Kier molecular flexibility index (Phi) is 3.32. The van der Waals surface area contributed by atoms with Crippen LogP contribution < -0.4 is 0 Å². The zero-order valence-electron chi connectivity index (χ0n) is 11.1. The number of benzene rings is 1. The molecule has 0 bridgehead atoms. The molecule has 7 heteroatoms. The molecule has 0 unspecified atom stereocenters. The molecule has 0 saturated heterocycles. The Balaban J connectivity index is 2.22. The highest BCUT2D eigenvalue weighted by Gasteiger charge is 2.20. The maximum Gasteiger partial charge on any atom is 0.337 e. The summed E-state index contributed by atoms with van der Waals surface area (Å²) in [5, 5.41) is 8.85. The molecule has 1 aromatic carbocycles. The van der Waals surface area contributed by atoms with E-state index in [9.17, 15) is 18.0 Å². The molecule has 4 nitrogen and oxygen atoms in total. The molecule has 0 aliphatic carbocycles. The molecule has 1 N–H and O–H groups in total. The molecule has 3 rings (SSSR count). The molecule has 0 saturated carbocycles. The van der Waals surface area contributed by atoms with Crippen molar-refractivity contribution in [2.75, 3.05) is 0 Å². The highest BCUT2D eigenvalue weighted by Crippen LogP contribution is 2.27. The number of carbonyl (C=O) groups is 1. The van der Waals surface area contributed by atoms with Gasteiger partial charge in [0, 0.05) is 18.9 Å². The van der Waals surface area contributed by atoms with Gasteiger partial charge in [-0.05, 0) is 29.8 Å². The minimum absolute atomic E-state index is 0.0103. The number of pyridine rings is 1. The van der Waals surface area contributed by atoms with Crippen LogP contribution in [0.1, 0.15) is 15.9 Å². The van der Waals surface area contributed by atoms with Crippen LogP contribution in [-0.2, 0) is 6.54 Å². The lowest BCUT2D eigenvalue weighted by molar-refractivity contribution is 0.0698. The van der Waals surface area contributed by atoms with Crippen LogP contribution in [0.15, 0.2) is 36.7 Å². The van der Waals surface area contributed by atoms with Crippen LogP contribution in [0.25, 0.3) is 10.9 Å². The highest BCUT2D eigenvalue weighted by molar-refractivity contribution is 6.03. The maximum atomic E-state index is 14.0. The average Bonchev–Trinajstić information content (AvgIpc) is 2.84. The lowest BCUT2D eigenvalue weighted by Gasteiger charge is -2.06. The van der Waals surface area contributed by atoms with Crippen molar-refractivity contribution in [1.29, 1.82) is 0 Å². The number of hydrogen-bond donors (Lipinski definition) is 1. The first kappa shape index (κ1) is 14.1. The molecule has 0 atom stereocenters. The van der Waals surface area contributed by atoms with Crippen molar-refractivity contribution in [1.82, 2.24) is 9.55 Å². The highest BCUT2D eigenvalue weighted by atomic mass is 19.1. The van der Waals surface area contributed by atoms with Crippen LogP contribution in [0.5, 0.6) is 0 Å². The standard InChI is InChI=1S/C15H9F3N2O2/c16-10-1-2-11(17)14-13(10)9(15(21)22)7-20(14)6-8-3-4-19-12(18)5-8/h1-5,7H,6H2,(H,21,22).